The Morgan fingerprint density at radius 2 is 2.05 bits per heavy atom. The van der Waals surface area contributed by atoms with Gasteiger partial charge in [-0.15, -0.1) is 0 Å². The summed E-state index contributed by atoms with van der Waals surface area (Å²) < 4.78 is 5.88. The van der Waals surface area contributed by atoms with Crippen LogP contribution in [-0.2, 0) is 4.84 Å². The molecule has 2 atom stereocenters. The van der Waals surface area contributed by atoms with Gasteiger partial charge in [-0.2, -0.15) is 0 Å². The van der Waals surface area contributed by atoms with Gasteiger partial charge in [-0.1, -0.05) is 30.3 Å². The minimum absolute atomic E-state index is 0.0438. The molecule has 0 spiro atoms. The third kappa shape index (κ3) is 1.60. The maximum absolute atomic E-state index is 5.88. The summed E-state index contributed by atoms with van der Waals surface area (Å²) in [6, 6.07) is 12.4. The van der Waals surface area contributed by atoms with Gasteiger partial charge in [0.1, 0.15) is 5.75 Å². The van der Waals surface area contributed by atoms with Crippen molar-refractivity contribution in [2.24, 2.45) is 11.7 Å². The largest absolute Gasteiger partial charge is 0.493 e. The van der Waals surface area contributed by atoms with Gasteiger partial charge in [-0.05, 0) is 29.1 Å². The first kappa shape index (κ1) is 11.9. The summed E-state index contributed by atoms with van der Waals surface area (Å²) in [7, 11) is 0. The molecule has 4 nitrogen and oxygen atoms in total. The Morgan fingerprint density at radius 1 is 1.20 bits per heavy atom. The lowest BCUT2D eigenvalue weighted by atomic mass is 9.88. The highest BCUT2D eigenvalue weighted by atomic mass is 32.1. The van der Waals surface area contributed by atoms with Crippen molar-refractivity contribution in [2.75, 3.05) is 13.2 Å². The molecule has 0 radical (unpaired) electrons. The molecule has 20 heavy (non-hydrogen) atoms. The average Bonchev–Trinajstić information content (AvgIpc) is 2.91. The number of fused-ring (bicyclic) bond motifs is 5. The number of benzene rings is 2. The van der Waals surface area contributed by atoms with Crippen molar-refractivity contribution in [3.05, 3.63) is 42.0 Å². The summed E-state index contributed by atoms with van der Waals surface area (Å²) in [5, 5.41) is 4.29. The second kappa shape index (κ2) is 4.33. The first-order valence-corrected chi connectivity index (χ1v) is 7.02. The van der Waals surface area contributed by atoms with Crippen LogP contribution in [0.25, 0.3) is 10.8 Å². The van der Waals surface area contributed by atoms with Crippen molar-refractivity contribution >= 4 is 28.1 Å². The molecule has 2 heterocycles. The van der Waals surface area contributed by atoms with Crippen molar-refractivity contribution in [1.82, 2.24) is 5.06 Å². The summed E-state index contributed by atoms with van der Waals surface area (Å²) >= 11 is 5.11. The monoisotopic (exact) mass is 286 g/mol. The molecule has 1 fully saturated rings. The van der Waals surface area contributed by atoms with Crippen LogP contribution in [0.5, 0.6) is 5.75 Å². The van der Waals surface area contributed by atoms with Crippen LogP contribution in [0.15, 0.2) is 36.4 Å². The highest BCUT2D eigenvalue weighted by molar-refractivity contribution is 7.80. The topological polar surface area (TPSA) is 47.7 Å². The van der Waals surface area contributed by atoms with E-state index in [1.807, 2.05) is 18.2 Å². The van der Waals surface area contributed by atoms with Crippen LogP contribution in [0.4, 0.5) is 0 Å². The smallest absolute Gasteiger partial charge is 0.191 e. The lowest BCUT2D eigenvalue weighted by molar-refractivity contribution is -0.0648. The molecule has 0 bridgehead atoms. The van der Waals surface area contributed by atoms with Gasteiger partial charge in [0.25, 0.3) is 0 Å². The predicted octanol–water partition coefficient (Wildman–Crippen LogP) is 2.38. The van der Waals surface area contributed by atoms with E-state index in [0.29, 0.717) is 13.2 Å². The Labute approximate surface area is 122 Å². The number of hydroxylamine groups is 2. The van der Waals surface area contributed by atoms with Crippen molar-refractivity contribution in [3.63, 3.8) is 0 Å². The number of hydrogen-bond acceptors (Lipinski definition) is 3. The van der Waals surface area contributed by atoms with Crippen LogP contribution in [-0.4, -0.2) is 23.4 Å². The zero-order valence-electron chi connectivity index (χ0n) is 10.8. The number of rotatable bonds is 0. The molecule has 0 aromatic heterocycles. The first-order valence-electron chi connectivity index (χ1n) is 6.62. The Kier molecular flexibility index (Phi) is 2.58. The molecular weight excluding hydrogens is 272 g/mol. The maximum Gasteiger partial charge on any atom is 0.191 e. The first-order chi connectivity index (χ1) is 9.75. The van der Waals surface area contributed by atoms with E-state index >= 15 is 0 Å². The fraction of sp³-hybridized carbons (Fsp3) is 0.267. The van der Waals surface area contributed by atoms with Crippen molar-refractivity contribution in [3.8, 4) is 5.75 Å². The predicted molar refractivity (Wildman–Crippen MR) is 80.3 cm³/mol. The van der Waals surface area contributed by atoms with Crippen molar-refractivity contribution < 1.29 is 9.57 Å². The quantitative estimate of drug-likeness (QED) is 0.754. The van der Waals surface area contributed by atoms with Gasteiger partial charge in [-0.3, -0.25) is 4.84 Å². The highest BCUT2D eigenvalue weighted by Gasteiger charge is 2.43. The summed E-state index contributed by atoms with van der Waals surface area (Å²) in [6.07, 6.45) is 0. The molecule has 5 heteroatoms. The van der Waals surface area contributed by atoms with Crippen LogP contribution in [0.1, 0.15) is 11.6 Å². The van der Waals surface area contributed by atoms with E-state index in [1.54, 1.807) is 5.06 Å². The lowest BCUT2D eigenvalue weighted by Gasteiger charge is -2.32. The van der Waals surface area contributed by atoms with E-state index in [9.17, 15) is 0 Å². The van der Waals surface area contributed by atoms with Gasteiger partial charge in [-0.25, -0.2) is 5.06 Å². The van der Waals surface area contributed by atoms with Gasteiger partial charge in [0.2, 0.25) is 0 Å². The van der Waals surface area contributed by atoms with Gasteiger partial charge >= 0.3 is 0 Å². The second-order valence-electron chi connectivity index (χ2n) is 5.17. The van der Waals surface area contributed by atoms with Gasteiger partial charge in [0.15, 0.2) is 5.11 Å². The second-order valence-corrected chi connectivity index (χ2v) is 5.59. The minimum Gasteiger partial charge on any atom is -0.493 e. The van der Waals surface area contributed by atoms with Crippen LogP contribution in [0.3, 0.4) is 0 Å². The SMILES string of the molecule is NC(=S)N1OC[C@H]2COc3ccc4ccccc4c3[C@H]21. The maximum atomic E-state index is 5.88. The van der Waals surface area contributed by atoms with E-state index in [-0.39, 0.29) is 17.1 Å². The summed E-state index contributed by atoms with van der Waals surface area (Å²) in [5.41, 5.74) is 6.93. The number of thiocarbonyl (C=S) groups is 1. The van der Waals surface area contributed by atoms with E-state index < -0.39 is 0 Å². The number of nitrogens with zero attached hydrogens (tertiary/aromatic N) is 1. The molecule has 0 amide bonds. The highest BCUT2D eigenvalue weighted by Crippen LogP contribution is 2.46. The Balaban J connectivity index is 1.97. The number of nitrogens with two attached hydrogens (primary N) is 1. The molecule has 2 aromatic carbocycles. The van der Waals surface area contributed by atoms with Crippen LogP contribution in [0, 0.1) is 5.92 Å². The van der Waals surface area contributed by atoms with Crippen LogP contribution in [0.2, 0.25) is 0 Å². The fourth-order valence-electron chi connectivity index (χ4n) is 3.14. The molecule has 0 aliphatic carbocycles. The van der Waals surface area contributed by atoms with E-state index in [2.05, 4.69) is 18.2 Å². The van der Waals surface area contributed by atoms with Gasteiger partial charge in [0, 0.05) is 11.5 Å². The van der Waals surface area contributed by atoms with E-state index in [4.69, 9.17) is 27.5 Å². The van der Waals surface area contributed by atoms with Crippen LogP contribution < -0.4 is 10.5 Å². The fourth-order valence-corrected chi connectivity index (χ4v) is 3.30. The molecule has 0 unspecified atom stereocenters. The standard InChI is InChI=1S/C15H14N2O2S/c16-15(20)17-14-10(8-19-17)7-18-12-6-5-9-3-1-2-4-11(9)13(12)14/h1-6,10,14H,7-8H2,(H2,16,20)/t10-,14+/m1/s1. The molecule has 2 N–H and O–H groups in total. The summed E-state index contributed by atoms with van der Waals surface area (Å²) in [6.45, 7) is 1.22. The zero-order chi connectivity index (χ0) is 13.7. The molecule has 1 saturated heterocycles. The third-order valence-electron chi connectivity index (χ3n) is 4.02. The van der Waals surface area contributed by atoms with Crippen molar-refractivity contribution in [1.29, 1.82) is 0 Å². The Bertz CT molecular complexity index is 703. The van der Waals surface area contributed by atoms with Gasteiger partial charge in [0.05, 0.1) is 19.3 Å². The molecule has 102 valence electrons. The number of hydrogen-bond donors (Lipinski definition) is 1. The average molecular weight is 286 g/mol. The normalized spacial score (nSPS) is 24.1. The molecular formula is C15H14N2O2S. The van der Waals surface area contributed by atoms with E-state index in [1.165, 1.54) is 10.8 Å². The Morgan fingerprint density at radius 3 is 2.90 bits per heavy atom. The molecule has 4 rings (SSSR count). The summed E-state index contributed by atoms with van der Waals surface area (Å²) in [5.74, 6) is 1.16. The Hall–Kier alpha value is -1.85. The van der Waals surface area contributed by atoms with E-state index in [0.717, 1.165) is 11.3 Å². The lowest BCUT2D eigenvalue weighted by Crippen LogP contribution is -2.37. The minimum atomic E-state index is 0.0438. The molecule has 2 aliphatic heterocycles. The summed E-state index contributed by atoms with van der Waals surface area (Å²) in [4.78, 5) is 5.65. The molecule has 2 aromatic rings. The third-order valence-corrected chi connectivity index (χ3v) is 4.20. The van der Waals surface area contributed by atoms with Gasteiger partial charge < -0.3 is 10.5 Å². The molecule has 0 saturated carbocycles. The molecule has 2 aliphatic rings. The zero-order valence-corrected chi connectivity index (χ0v) is 11.6. The van der Waals surface area contributed by atoms with Crippen molar-refractivity contribution in [2.45, 2.75) is 6.04 Å². The number of ether oxygens (including phenoxy) is 1. The van der Waals surface area contributed by atoms with Crippen LogP contribution >= 0.6 is 12.2 Å².